The van der Waals surface area contributed by atoms with Crippen LogP contribution in [0.1, 0.15) is 163 Å². The number of hydrogen-bond acceptors (Lipinski definition) is 1. The molecule has 0 atom stereocenters. The van der Waals surface area contributed by atoms with Gasteiger partial charge >= 0.3 is 0 Å². The van der Waals surface area contributed by atoms with Crippen molar-refractivity contribution >= 4 is 12.4 Å². The fraction of sp³-hybridized carbons (Fsp3) is 1.00. The molecule has 186 valence electrons. The first-order valence-electron chi connectivity index (χ1n) is 14.0. The summed E-state index contributed by atoms with van der Waals surface area (Å²) in [7, 11) is 0. The first-order chi connectivity index (χ1) is 14.3. The average molecular weight is 448 g/mol. The lowest BCUT2D eigenvalue weighted by Crippen LogP contribution is -2.27. The maximum atomic E-state index is 2.64. The second-order valence-corrected chi connectivity index (χ2v) is 9.14. The number of halogens is 1. The zero-order chi connectivity index (χ0) is 21.8. The van der Waals surface area contributed by atoms with Crippen LogP contribution in [0.2, 0.25) is 0 Å². The van der Waals surface area contributed by atoms with E-state index in [2.05, 4.69) is 39.5 Å². The van der Waals surface area contributed by atoms with Gasteiger partial charge in [-0.2, -0.15) is 0 Å². The molecule has 0 saturated carbocycles. The first-order valence-corrected chi connectivity index (χ1v) is 14.0. The van der Waals surface area contributed by atoms with Crippen molar-refractivity contribution in [1.82, 2.24) is 4.90 Å². The molecular weight excluding hydrogens is 386 g/mol. The molecule has 0 N–H and O–H groups in total. The third-order valence-corrected chi connectivity index (χ3v) is 5.94. The maximum Gasteiger partial charge on any atom is -0.00188 e. The SMILES string of the molecule is CCCCCCCCCCCCCCCC.CCCCN(CCCC)CCCC.Cl. The molecule has 0 radical (unpaired) electrons. The molecule has 0 spiro atoms. The molecule has 0 aliphatic heterocycles. The molecule has 0 aromatic carbocycles. The molecule has 0 rings (SSSR count). The van der Waals surface area contributed by atoms with Crippen molar-refractivity contribution < 1.29 is 0 Å². The summed E-state index contributed by atoms with van der Waals surface area (Å²) in [4.78, 5) is 2.64. The summed E-state index contributed by atoms with van der Waals surface area (Å²) in [6, 6.07) is 0. The summed E-state index contributed by atoms with van der Waals surface area (Å²) in [5.74, 6) is 0. The van der Waals surface area contributed by atoms with Gasteiger partial charge in [-0.1, -0.05) is 144 Å². The summed E-state index contributed by atoms with van der Waals surface area (Å²) in [6.07, 6.45) is 28.5. The Morgan fingerprint density at radius 2 is 0.500 bits per heavy atom. The molecule has 0 saturated heterocycles. The van der Waals surface area contributed by atoms with E-state index in [1.54, 1.807) is 0 Å². The Morgan fingerprint density at radius 3 is 0.700 bits per heavy atom. The van der Waals surface area contributed by atoms with Crippen molar-refractivity contribution in [3.05, 3.63) is 0 Å². The number of unbranched alkanes of at least 4 members (excludes halogenated alkanes) is 16. The third-order valence-electron chi connectivity index (χ3n) is 5.94. The van der Waals surface area contributed by atoms with Crippen LogP contribution in [0.5, 0.6) is 0 Å². The van der Waals surface area contributed by atoms with Crippen LogP contribution in [0.3, 0.4) is 0 Å². The van der Waals surface area contributed by atoms with Crippen molar-refractivity contribution in [1.29, 1.82) is 0 Å². The highest BCUT2D eigenvalue weighted by molar-refractivity contribution is 5.85. The van der Waals surface area contributed by atoms with Gasteiger partial charge in [-0.3, -0.25) is 0 Å². The molecule has 1 nitrogen and oxygen atoms in total. The van der Waals surface area contributed by atoms with E-state index in [-0.39, 0.29) is 12.4 Å². The molecule has 0 aliphatic carbocycles. The first kappa shape index (κ1) is 34.9. The van der Waals surface area contributed by atoms with E-state index in [4.69, 9.17) is 0 Å². The summed E-state index contributed by atoms with van der Waals surface area (Å²) < 4.78 is 0. The average Bonchev–Trinajstić information content (AvgIpc) is 2.74. The second-order valence-electron chi connectivity index (χ2n) is 9.14. The van der Waals surface area contributed by atoms with E-state index in [0.717, 1.165) is 0 Å². The predicted molar refractivity (Wildman–Crippen MR) is 144 cm³/mol. The van der Waals surface area contributed by atoms with Crippen LogP contribution in [0.15, 0.2) is 0 Å². The van der Waals surface area contributed by atoms with Crippen LogP contribution in [-0.4, -0.2) is 24.5 Å². The van der Waals surface area contributed by atoms with E-state index < -0.39 is 0 Å². The molecule has 0 fully saturated rings. The van der Waals surface area contributed by atoms with Gasteiger partial charge in [0.25, 0.3) is 0 Å². The number of nitrogens with zero attached hydrogens (tertiary/aromatic N) is 1. The van der Waals surface area contributed by atoms with Gasteiger partial charge in [-0.05, 0) is 38.9 Å². The monoisotopic (exact) mass is 447 g/mol. The van der Waals surface area contributed by atoms with Crippen molar-refractivity contribution in [2.75, 3.05) is 19.6 Å². The molecule has 0 amide bonds. The standard InChI is InChI=1S/C16H34.C12H27N.ClH/c1-3-5-7-9-11-13-15-16-14-12-10-8-6-4-2;1-4-7-10-13(11-8-5-2)12-9-6-3;/h3-16H2,1-2H3;4-12H2,1-3H3;1H. The normalized spacial score (nSPS) is 10.6. The van der Waals surface area contributed by atoms with E-state index in [9.17, 15) is 0 Å². The lowest BCUT2D eigenvalue weighted by molar-refractivity contribution is 0.261. The Balaban J connectivity index is -0.000000480. The van der Waals surface area contributed by atoms with Crippen LogP contribution in [0.25, 0.3) is 0 Å². The Bertz CT molecular complexity index is 224. The van der Waals surface area contributed by atoms with Gasteiger partial charge < -0.3 is 4.90 Å². The smallest absolute Gasteiger partial charge is 0.00188 e. The van der Waals surface area contributed by atoms with E-state index in [1.165, 1.54) is 148 Å². The lowest BCUT2D eigenvalue weighted by Gasteiger charge is -2.21. The topological polar surface area (TPSA) is 3.24 Å². The minimum absolute atomic E-state index is 0. The van der Waals surface area contributed by atoms with Crippen LogP contribution in [-0.2, 0) is 0 Å². The Hall–Kier alpha value is 0.250. The summed E-state index contributed by atoms with van der Waals surface area (Å²) in [5.41, 5.74) is 0. The zero-order valence-corrected chi connectivity index (χ0v) is 22.9. The Kier molecular flexibility index (Phi) is 39.4. The van der Waals surface area contributed by atoms with Gasteiger partial charge in [0.1, 0.15) is 0 Å². The van der Waals surface area contributed by atoms with Crippen molar-refractivity contribution in [3.63, 3.8) is 0 Å². The van der Waals surface area contributed by atoms with Gasteiger partial charge in [0.15, 0.2) is 0 Å². The Labute approximate surface area is 200 Å². The minimum atomic E-state index is 0. The summed E-state index contributed by atoms with van der Waals surface area (Å²) in [5, 5.41) is 0. The fourth-order valence-electron chi connectivity index (χ4n) is 3.75. The quantitative estimate of drug-likeness (QED) is 0.149. The van der Waals surface area contributed by atoms with Crippen molar-refractivity contribution in [3.8, 4) is 0 Å². The highest BCUT2D eigenvalue weighted by Crippen LogP contribution is 2.12. The Morgan fingerprint density at radius 1 is 0.300 bits per heavy atom. The number of rotatable bonds is 22. The number of hydrogen-bond donors (Lipinski definition) is 0. The summed E-state index contributed by atoms with van der Waals surface area (Å²) >= 11 is 0. The third kappa shape index (κ3) is 32.9. The molecule has 0 aromatic heterocycles. The minimum Gasteiger partial charge on any atom is -0.303 e. The van der Waals surface area contributed by atoms with Gasteiger partial charge in [0.2, 0.25) is 0 Å². The summed E-state index contributed by atoms with van der Waals surface area (Å²) in [6.45, 7) is 15.4. The van der Waals surface area contributed by atoms with Gasteiger partial charge in [-0.25, -0.2) is 0 Å². The molecule has 0 unspecified atom stereocenters. The lowest BCUT2D eigenvalue weighted by atomic mass is 10.0. The second kappa shape index (κ2) is 33.9. The fourth-order valence-corrected chi connectivity index (χ4v) is 3.75. The molecule has 0 bridgehead atoms. The molecule has 0 heterocycles. The van der Waals surface area contributed by atoms with Crippen LogP contribution in [0.4, 0.5) is 0 Å². The van der Waals surface area contributed by atoms with E-state index in [0.29, 0.717) is 0 Å². The van der Waals surface area contributed by atoms with E-state index >= 15 is 0 Å². The molecule has 2 heteroatoms. The van der Waals surface area contributed by atoms with Gasteiger partial charge in [0, 0.05) is 0 Å². The maximum absolute atomic E-state index is 2.64. The van der Waals surface area contributed by atoms with Gasteiger partial charge in [0.05, 0.1) is 0 Å². The van der Waals surface area contributed by atoms with Crippen LogP contribution >= 0.6 is 12.4 Å². The molecule has 0 aliphatic rings. The predicted octanol–water partition coefficient (Wildman–Crippen LogP) is 10.6. The zero-order valence-electron chi connectivity index (χ0n) is 22.1. The van der Waals surface area contributed by atoms with Crippen LogP contribution < -0.4 is 0 Å². The highest BCUT2D eigenvalue weighted by atomic mass is 35.5. The van der Waals surface area contributed by atoms with Crippen molar-refractivity contribution in [2.24, 2.45) is 0 Å². The van der Waals surface area contributed by atoms with Crippen LogP contribution in [0, 0.1) is 0 Å². The largest absolute Gasteiger partial charge is 0.303 e. The molecule has 30 heavy (non-hydrogen) atoms. The van der Waals surface area contributed by atoms with Crippen molar-refractivity contribution in [2.45, 2.75) is 163 Å². The van der Waals surface area contributed by atoms with E-state index in [1.807, 2.05) is 0 Å². The molecular formula is C28H62ClN. The highest BCUT2D eigenvalue weighted by Gasteiger charge is 2.01. The molecule has 0 aromatic rings. The van der Waals surface area contributed by atoms with Gasteiger partial charge in [-0.15, -0.1) is 12.4 Å².